The number of carboxylic acid groups (broad SMARTS) is 2. The van der Waals surface area contributed by atoms with Crippen LogP contribution in [0.5, 0.6) is 0 Å². The zero-order valence-electron chi connectivity index (χ0n) is 14.6. The highest BCUT2D eigenvalue weighted by atomic mass is 16.7. The molecule has 2 N–H and O–H groups in total. The summed E-state index contributed by atoms with van der Waals surface area (Å²) in [7, 11) is 0. The molecule has 0 saturated heterocycles. The second-order valence-corrected chi connectivity index (χ2v) is 7.08. The van der Waals surface area contributed by atoms with Crippen molar-refractivity contribution in [3.8, 4) is 0 Å². The summed E-state index contributed by atoms with van der Waals surface area (Å²) in [6.45, 7) is 13.9. The van der Waals surface area contributed by atoms with Crippen LogP contribution in [0.4, 0.5) is 4.79 Å². The zero-order valence-corrected chi connectivity index (χ0v) is 14.6. The third kappa shape index (κ3) is 13.2. The largest absolute Gasteiger partial charge is 0.509 e. The quantitative estimate of drug-likeness (QED) is 0.607. The number of hydrogen-bond acceptors (Lipinski definition) is 5. The summed E-state index contributed by atoms with van der Waals surface area (Å²) in [5.74, 6) is -4.19. The second-order valence-electron chi connectivity index (χ2n) is 7.08. The van der Waals surface area contributed by atoms with E-state index in [1.54, 1.807) is 55.4 Å². The third-order valence-electron chi connectivity index (χ3n) is 1.98. The molecule has 0 aromatic heterocycles. The number of hydrogen-bond donors (Lipinski definition) is 2. The molecule has 0 amide bonds. The fourth-order valence-corrected chi connectivity index (χ4v) is 1.20. The minimum Gasteiger partial charge on any atom is -0.481 e. The van der Waals surface area contributed by atoms with Crippen molar-refractivity contribution in [3.63, 3.8) is 0 Å². The molecule has 22 heavy (non-hydrogen) atoms. The molecule has 0 heterocycles. The van der Waals surface area contributed by atoms with Gasteiger partial charge < -0.3 is 19.7 Å². The molecule has 0 fully saturated rings. The van der Waals surface area contributed by atoms with Crippen molar-refractivity contribution in [1.29, 1.82) is 0 Å². The van der Waals surface area contributed by atoms with Gasteiger partial charge in [-0.15, -0.1) is 0 Å². The van der Waals surface area contributed by atoms with E-state index in [4.69, 9.17) is 19.7 Å². The van der Waals surface area contributed by atoms with Crippen LogP contribution in [0, 0.1) is 11.8 Å². The lowest BCUT2D eigenvalue weighted by atomic mass is 9.97. The Balaban J connectivity index is 0. The Hall–Kier alpha value is -1.79. The molecule has 0 unspecified atom stereocenters. The van der Waals surface area contributed by atoms with Crippen molar-refractivity contribution < 1.29 is 34.1 Å². The number of aliphatic carboxylic acids is 2. The molecule has 0 aromatic rings. The highest BCUT2D eigenvalue weighted by Gasteiger charge is 2.28. The van der Waals surface area contributed by atoms with Gasteiger partial charge in [-0.1, -0.05) is 13.8 Å². The topological polar surface area (TPSA) is 110 Å². The Morgan fingerprint density at radius 1 is 0.773 bits per heavy atom. The van der Waals surface area contributed by atoms with E-state index in [9.17, 15) is 14.4 Å². The Bertz CT molecular complexity index is 354. The minimum atomic E-state index is -1.28. The van der Waals surface area contributed by atoms with E-state index in [-0.39, 0.29) is 5.92 Å². The first kappa shape index (κ1) is 22.5. The average Bonchev–Trinajstić information content (AvgIpc) is 2.07. The van der Waals surface area contributed by atoms with Crippen molar-refractivity contribution in [1.82, 2.24) is 0 Å². The molecule has 0 bridgehead atoms. The van der Waals surface area contributed by atoms with E-state index >= 15 is 0 Å². The summed E-state index contributed by atoms with van der Waals surface area (Å²) >= 11 is 0. The van der Waals surface area contributed by atoms with Crippen molar-refractivity contribution in [2.24, 2.45) is 11.8 Å². The molecule has 0 saturated carbocycles. The Morgan fingerprint density at radius 2 is 1.05 bits per heavy atom. The van der Waals surface area contributed by atoms with Crippen LogP contribution >= 0.6 is 0 Å². The lowest BCUT2D eigenvalue weighted by Gasteiger charge is -2.24. The Kier molecular flexibility index (Phi) is 8.80. The van der Waals surface area contributed by atoms with E-state index in [1.807, 2.05) is 0 Å². The molecule has 0 radical (unpaired) electrons. The summed E-state index contributed by atoms with van der Waals surface area (Å²) in [6.07, 6.45) is -0.616. The highest BCUT2D eigenvalue weighted by molar-refractivity contribution is 5.93. The fourth-order valence-electron chi connectivity index (χ4n) is 1.20. The van der Waals surface area contributed by atoms with Gasteiger partial charge in [0.25, 0.3) is 0 Å². The smallest absolute Gasteiger partial charge is 0.481 e. The molecule has 0 aliphatic heterocycles. The lowest BCUT2D eigenvalue weighted by molar-refractivity contribution is -0.156. The highest BCUT2D eigenvalue weighted by Crippen LogP contribution is 2.13. The average molecular weight is 320 g/mol. The lowest BCUT2D eigenvalue weighted by Crippen LogP contribution is -2.30. The molecular formula is C15H28O7. The summed E-state index contributed by atoms with van der Waals surface area (Å²) in [6, 6.07) is 0. The standard InChI is InChI=1S/C9H18O3.C6H10O4/c1-8(2,3)11-7(10)12-9(4,5)6;1-3(2)4(5(7)8)6(9)10/h1-6H3;3-4H,1-2H3,(H,7,8)(H,9,10). The summed E-state index contributed by atoms with van der Waals surface area (Å²) in [4.78, 5) is 31.4. The number of carbonyl (C=O) groups is 3. The number of ether oxygens (including phenoxy) is 2. The van der Waals surface area contributed by atoms with E-state index in [0.29, 0.717) is 0 Å². The van der Waals surface area contributed by atoms with E-state index in [2.05, 4.69) is 0 Å². The molecule has 0 spiro atoms. The molecule has 0 atom stereocenters. The normalized spacial score (nSPS) is 11.5. The van der Waals surface area contributed by atoms with Gasteiger partial charge in [0.15, 0.2) is 5.92 Å². The molecular weight excluding hydrogens is 292 g/mol. The van der Waals surface area contributed by atoms with Gasteiger partial charge in [-0.05, 0) is 47.5 Å². The predicted octanol–water partition coefficient (Wildman–Crippen LogP) is 3.16. The number of rotatable bonds is 3. The molecule has 0 aliphatic rings. The van der Waals surface area contributed by atoms with Crippen LogP contribution in [0.3, 0.4) is 0 Å². The predicted molar refractivity (Wildman–Crippen MR) is 80.7 cm³/mol. The van der Waals surface area contributed by atoms with Gasteiger partial charge >= 0.3 is 18.1 Å². The molecule has 7 nitrogen and oxygen atoms in total. The third-order valence-corrected chi connectivity index (χ3v) is 1.98. The van der Waals surface area contributed by atoms with E-state index in [0.717, 1.165) is 0 Å². The monoisotopic (exact) mass is 320 g/mol. The summed E-state index contributed by atoms with van der Waals surface area (Å²) in [5.41, 5.74) is -0.968. The van der Waals surface area contributed by atoms with Gasteiger partial charge in [-0.3, -0.25) is 9.59 Å². The maximum Gasteiger partial charge on any atom is 0.509 e. The zero-order chi connectivity index (χ0) is 18.3. The van der Waals surface area contributed by atoms with Crippen LogP contribution in [0.15, 0.2) is 0 Å². The van der Waals surface area contributed by atoms with Gasteiger partial charge in [0, 0.05) is 0 Å². The van der Waals surface area contributed by atoms with Crippen molar-refractivity contribution in [2.45, 2.75) is 66.6 Å². The van der Waals surface area contributed by atoms with Crippen LogP contribution in [0.1, 0.15) is 55.4 Å². The maximum atomic E-state index is 11.0. The van der Waals surface area contributed by atoms with Gasteiger partial charge in [-0.25, -0.2) is 4.79 Å². The van der Waals surface area contributed by atoms with Gasteiger partial charge in [0.1, 0.15) is 11.2 Å². The summed E-state index contributed by atoms with van der Waals surface area (Å²) < 4.78 is 9.91. The van der Waals surface area contributed by atoms with Crippen molar-refractivity contribution >= 4 is 18.1 Å². The molecule has 130 valence electrons. The van der Waals surface area contributed by atoms with Crippen LogP contribution in [0.2, 0.25) is 0 Å². The Morgan fingerprint density at radius 3 is 1.14 bits per heavy atom. The molecule has 0 aliphatic carbocycles. The van der Waals surface area contributed by atoms with Gasteiger partial charge in [-0.2, -0.15) is 0 Å². The number of carbonyl (C=O) groups excluding carboxylic acids is 1. The van der Waals surface area contributed by atoms with Gasteiger partial charge in [0.2, 0.25) is 0 Å². The van der Waals surface area contributed by atoms with Crippen LogP contribution in [-0.2, 0) is 19.1 Å². The van der Waals surface area contributed by atoms with Crippen LogP contribution < -0.4 is 0 Å². The number of carboxylic acids is 2. The summed E-state index contributed by atoms with van der Waals surface area (Å²) in [5, 5.41) is 16.7. The van der Waals surface area contributed by atoms with Crippen LogP contribution in [0.25, 0.3) is 0 Å². The second kappa shape index (κ2) is 8.60. The van der Waals surface area contributed by atoms with Crippen LogP contribution in [-0.4, -0.2) is 39.5 Å². The van der Waals surface area contributed by atoms with E-state index < -0.39 is 35.2 Å². The first-order valence-corrected chi connectivity index (χ1v) is 6.94. The van der Waals surface area contributed by atoms with Crippen molar-refractivity contribution in [2.75, 3.05) is 0 Å². The Labute approximate surface area is 131 Å². The molecule has 0 rings (SSSR count). The molecule has 0 aromatic carbocycles. The first-order chi connectivity index (χ1) is 9.57. The maximum absolute atomic E-state index is 11.0. The van der Waals surface area contributed by atoms with E-state index in [1.165, 1.54) is 0 Å². The molecule has 7 heteroatoms. The first-order valence-electron chi connectivity index (χ1n) is 6.94. The van der Waals surface area contributed by atoms with Gasteiger partial charge in [0.05, 0.1) is 0 Å². The van der Waals surface area contributed by atoms with Crippen molar-refractivity contribution in [3.05, 3.63) is 0 Å². The SMILES string of the molecule is CC(C)(C)OC(=O)OC(C)(C)C.CC(C)C(C(=O)O)C(=O)O. The minimum absolute atomic E-state index is 0.366. The fraction of sp³-hybridized carbons (Fsp3) is 0.800.